The molecule has 12 heteroatoms. The van der Waals surface area contributed by atoms with E-state index in [1.807, 2.05) is 0 Å². The van der Waals surface area contributed by atoms with Crippen molar-refractivity contribution in [3.05, 3.63) is 12.3 Å². The van der Waals surface area contributed by atoms with E-state index in [-0.39, 0.29) is 5.17 Å². The van der Waals surface area contributed by atoms with E-state index in [2.05, 4.69) is 9.57 Å². The SMILES string of the molecule is O=C(O)C1C=CN(OC(F)(F)C(F)OC(F)(F)F)N1. The number of aliphatic carboxylic acids is 1. The van der Waals surface area contributed by atoms with Crippen LogP contribution in [-0.4, -0.2) is 41.1 Å². The smallest absolute Gasteiger partial charge is 0.480 e. The second kappa shape index (κ2) is 5.22. The van der Waals surface area contributed by atoms with E-state index in [1.54, 1.807) is 5.43 Å². The fourth-order valence-corrected chi connectivity index (χ4v) is 0.940. The number of carboxylic acid groups (broad SMARTS) is 1. The average Bonchev–Trinajstić information content (AvgIpc) is 2.62. The maximum Gasteiger partial charge on any atom is 0.525 e. The number of carbonyl (C=O) groups is 1. The van der Waals surface area contributed by atoms with Gasteiger partial charge in [-0.15, -0.1) is 13.2 Å². The van der Waals surface area contributed by atoms with Crippen LogP contribution in [0.5, 0.6) is 0 Å². The molecule has 0 radical (unpaired) electrons. The number of hydrogen-bond acceptors (Lipinski definition) is 5. The zero-order chi connectivity index (χ0) is 14.8. The van der Waals surface area contributed by atoms with E-state index in [9.17, 15) is 31.1 Å². The van der Waals surface area contributed by atoms with Crippen LogP contribution in [-0.2, 0) is 14.4 Å². The summed E-state index contributed by atoms with van der Waals surface area (Å²) >= 11 is 0. The van der Waals surface area contributed by atoms with Crippen molar-refractivity contribution in [1.82, 2.24) is 10.6 Å². The molecule has 2 unspecified atom stereocenters. The summed E-state index contributed by atoms with van der Waals surface area (Å²) in [7, 11) is 0. The predicted molar refractivity (Wildman–Crippen MR) is 43.6 cm³/mol. The van der Waals surface area contributed by atoms with Crippen LogP contribution in [0.4, 0.5) is 26.3 Å². The zero-order valence-electron chi connectivity index (χ0n) is 8.70. The molecule has 2 atom stereocenters. The Kier molecular flexibility index (Phi) is 4.27. The summed E-state index contributed by atoms with van der Waals surface area (Å²) < 4.78 is 75.3. The number of nitrogens with one attached hydrogen (secondary N) is 1. The Morgan fingerprint density at radius 1 is 1.37 bits per heavy atom. The molecule has 19 heavy (non-hydrogen) atoms. The number of ether oxygens (including phenoxy) is 1. The van der Waals surface area contributed by atoms with Crippen molar-refractivity contribution >= 4 is 5.97 Å². The van der Waals surface area contributed by atoms with Crippen molar-refractivity contribution in [3.63, 3.8) is 0 Å². The van der Waals surface area contributed by atoms with Gasteiger partial charge in [0.25, 0.3) is 6.36 Å². The maximum absolute atomic E-state index is 12.8. The van der Waals surface area contributed by atoms with E-state index in [0.29, 0.717) is 6.20 Å². The van der Waals surface area contributed by atoms with E-state index in [1.165, 1.54) is 0 Å². The van der Waals surface area contributed by atoms with E-state index in [4.69, 9.17) is 5.11 Å². The van der Waals surface area contributed by atoms with Crippen LogP contribution >= 0.6 is 0 Å². The summed E-state index contributed by atoms with van der Waals surface area (Å²) in [6, 6.07) is -1.43. The average molecular weight is 296 g/mol. The van der Waals surface area contributed by atoms with E-state index in [0.717, 1.165) is 6.08 Å². The molecular formula is C7H6F6N2O4. The van der Waals surface area contributed by atoms with Crippen LogP contribution in [0, 0.1) is 0 Å². The molecule has 0 aromatic heterocycles. The summed E-state index contributed by atoms with van der Waals surface area (Å²) in [6.07, 6.45) is -13.3. The zero-order valence-corrected chi connectivity index (χ0v) is 8.70. The van der Waals surface area contributed by atoms with E-state index >= 15 is 0 Å². The lowest BCUT2D eigenvalue weighted by atomic mass is 10.3. The van der Waals surface area contributed by atoms with Crippen LogP contribution in [0.25, 0.3) is 0 Å². The van der Waals surface area contributed by atoms with Gasteiger partial charge in [-0.05, 0) is 6.08 Å². The minimum absolute atomic E-state index is 0.0366. The number of carboxylic acids is 1. The monoisotopic (exact) mass is 296 g/mol. The topological polar surface area (TPSA) is 71.0 Å². The van der Waals surface area contributed by atoms with Gasteiger partial charge in [-0.2, -0.15) is 24.2 Å². The first-order chi connectivity index (χ1) is 8.51. The summed E-state index contributed by atoms with van der Waals surface area (Å²) in [6.45, 7) is 0. The second-order valence-corrected chi connectivity index (χ2v) is 3.15. The van der Waals surface area contributed by atoms with Gasteiger partial charge in [0, 0.05) is 6.20 Å². The third kappa shape index (κ3) is 4.57. The van der Waals surface area contributed by atoms with Gasteiger partial charge in [0.1, 0.15) is 6.04 Å². The lowest BCUT2D eigenvalue weighted by molar-refractivity contribution is -0.455. The number of nitrogens with zero attached hydrogens (tertiary/aromatic N) is 1. The molecule has 0 aliphatic carbocycles. The van der Waals surface area contributed by atoms with Gasteiger partial charge in [0.05, 0.1) is 0 Å². The van der Waals surface area contributed by atoms with Crippen molar-refractivity contribution in [3.8, 4) is 0 Å². The van der Waals surface area contributed by atoms with Crippen LogP contribution in [0.2, 0.25) is 0 Å². The molecule has 1 rings (SSSR count). The summed E-state index contributed by atoms with van der Waals surface area (Å²) in [5, 5.41) is 8.42. The predicted octanol–water partition coefficient (Wildman–Crippen LogP) is 1.13. The van der Waals surface area contributed by atoms with Crippen molar-refractivity contribution < 1.29 is 45.8 Å². The molecule has 0 fully saturated rings. The highest BCUT2D eigenvalue weighted by atomic mass is 19.4. The Hall–Kier alpha value is -1.53. The van der Waals surface area contributed by atoms with Gasteiger partial charge in [-0.3, -0.25) is 4.79 Å². The number of hydrazine groups is 1. The molecular weight excluding hydrogens is 290 g/mol. The molecule has 1 aliphatic rings. The highest BCUT2D eigenvalue weighted by molar-refractivity contribution is 5.76. The fourth-order valence-electron chi connectivity index (χ4n) is 0.940. The summed E-state index contributed by atoms with van der Waals surface area (Å²) in [5.74, 6) is -1.46. The summed E-state index contributed by atoms with van der Waals surface area (Å²) in [5.41, 5.74) is 1.78. The standard InChI is InChI=1S/C7H6F6N2O4/c8-5(18-7(11,12)13)6(9,10)19-15-2-1-3(14-15)4(16)17/h1-3,5,14H,(H,16,17). The van der Waals surface area contributed by atoms with Gasteiger partial charge >= 0.3 is 18.4 Å². The quantitative estimate of drug-likeness (QED) is 0.741. The molecule has 1 heterocycles. The first-order valence-electron chi connectivity index (χ1n) is 4.43. The normalized spacial score (nSPS) is 21.8. The summed E-state index contributed by atoms with van der Waals surface area (Å²) in [4.78, 5) is 13.9. The first kappa shape index (κ1) is 15.5. The molecule has 6 nitrogen and oxygen atoms in total. The maximum atomic E-state index is 12.8. The number of hydroxylamine groups is 1. The molecule has 0 amide bonds. The van der Waals surface area contributed by atoms with Crippen LogP contribution < -0.4 is 5.43 Å². The van der Waals surface area contributed by atoms with Crippen molar-refractivity contribution in [2.24, 2.45) is 0 Å². The molecule has 1 aliphatic heterocycles. The number of hydrogen-bond donors (Lipinski definition) is 2. The fraction of sp³-hybridized carbons (Fsp3) is 0.571. The minimum Gasteiger partial charge on any atom is -0.480 e. The Bertz CT molecular complexity index is 373. The van der Waals surface area contributed by atoms with Gasteiger partial charge in [-0.25, -0.2) is 9.13 Å². The third-order valence-corrected chi connectivity index (χ3v) is 1.67. The van der Waals surface area contributed by atoms with Crippen molar-refractivity contribution in [1.29, 1.82) is 0 Å². The Morgan fingerprint density at radius 2 is 1.95 bits per heavy atom. The molecule has 0 aromatic carbocycles. The van der Waals surface area contributed by atoms with Crippen molar-refractivity contribution in [2.45, 2.75) is 24.9 Å². The van der Waals surface area contributed by atoms with Gasteiger partial charge < -0.3 is 5.11 Å². The second-order valence-electron chi connectivity index (χ2n) is 3.15. The van der Waals surface area contributed by atoms with Gasteiger partial charge in [0.15, 0.2) is 0 Å². The number of alkyl halides is 6. The van der Waals surface area contributed by atoms with E-state index < -0.39 is 30.8 Å². The van der Waals surface area contributed by atoms with Gasteiger partial charge in [-0.1, -0.05) is 0 Å². The largest absolute Gasteiger partial charge is 0.525 e. The Labute approximate surface area is 101 Å². The molecule has 2 N–H and O–H groups in total. The highest BCUT2D eigenvalue weighted by Crippen LogP contribution is 2.31. The third-order valence-electron chi connectivity index (χ3n) is 1.67. The lowest BCUT2D eigenvalue weighted by Gasteiger charge is -2.25. The number of halogens is 6. The highest BCUT2D eigenvalue weighted by Gasteiger charge is 2.51. The molecule has 0 spiro atoms. The van der Waals surface area contributed by atoms with Crippen molar-refractivity contribution in [2.75, 3.05) is 0 Å². The molecule has 0 aromatic rings. The molecule has 0 saturated carbocycles. The lowest BCUT2D eigenvalue weighted by Crippen LogP contribution is -2.47. The van der Waals surface area contributed by atoms with Gasteiger partial charge in [0.2, 0.25) is 0 Å². The van der Waals surface area contributed by atoms with Crippen LogP contribution in [0.1, 0.15) is 0 Å². The first-order valence-corrected chi connectivity index (χ1v) is 4.43. The Balaban J connectivity index is 2.56. The molecule has 110 valence electrons. The Morgan fingerprint density at radius 3 is 2.37 bits per heavy atom. The number of rotatable bonds is 5. The van der Waals surface area contributed by atoms with Crippen LogP contribution in [0.3, 0.4) is 0 Å². The van der Waals surface area contributed by atoms with Crippen LogP contribution in [0.15, 0.2) is 12.3 Å². The molecule has 0 saturated heterocycles. The minimum atomic E-state index is -5.62. The molecule has 0 bridgehead atoms.